The van der Waals surface area contributed by atoms with Gasteiger partial charge in [0.15, 0.2) is 0 Å². The highest BCUT2D eigenvalue weighted by molar-refractivity contribution is 5.14. The molecule has 0 aliphatic carbocycles. The molecule has 0 radical (unpaired) electrons. The number of aliphatic hydroxyl groups excluding tert-OH is 2. The Morgan fingerprint density at radius 2 is 1.84 bits per heavy atom. The van der Waals surface area contributed by atoms with Crippen LogP contribution in [0, 0.1) is 0 Å². The third-order valence-electron chi connectivity index (χ3n) is 2.61. The maximum absolute atomic E-state index is 8.76. The van der Waals surface area contributed by atoms with Crippen molar-refractivity contribution in [2.24, 2.45) is 0 Å². The summed E-state index contributed by atoms with van der Waals surface area (Å²) in [5.74, 6) is 0. The molecule has 1 aromatic rings. The van der Waals surface area contributed by atoms with Crippen LogP contribution in [0.3, 0.4) is 0 Å². The van der Waals surface area contributed by atoms with Crippen LogP contribution in [0.25, 0.3) is 0 Å². The number of hydrogen-bond acceptors (Lipinski definition) is 2. The monoisotopic (exact) mass is 264 g/mol. The van der Waals surface area contributed by atoms with Gasteiger partial charge in [0.05, 0.1) is 6.10 Å². The molecule has 0 fully saturated rings. The van der Waals surface area contributed by atoms with Crippen molar-refractivity contribution in [3.63, 3.8) is 0 Å². The largest absolute Gasteiger partial charge is 0.396 e. The van der Waals surface area contributed by atoms with Crippen LogP contribution in [0.2, 0.25) is 0 Å². The Bertz CT molecular complexity index is 304. The highest BCUT2D eigenvalue weighted by Gasteiger charge is 1.88. The van der Waals surface area contributed by atoms with Gasteiger partial charge in [0.25, 0.3) is 0 Å². The maximum Gasteiger partial charge on any atom is 0.0692 e. The van der Waals surface area contributed by atoms with Crippen LogP contribution in [-0.2, 0) is 6.42 Å². The Hall–Kier alpha value is -1.12. The van der Waals surface area contributed by atoms with Crippen molar-refractivity contribution in [2.75, 3.05) is 6.61 Å². The first-order chi connectivity index (χ1) is 9.20. The van der Waals surface area contributed by atoms with E-state index in [4.69, 9.17) is 10.2 Å². The minimum Gasteiger partial charge on any atom is -0.396 e. The summed E-state index contributed by atoms with van der Waals surface area (Å²) in [5.41, 5.74) is 1.30. The Morgan fingerprint density at radius 1 is 1.16 bits per heavy atom. The molecule has 0 saturated carbocycles. The van der Waals surface area contributed by atoms with E-state index < -0.39 is 0 Å². The molecule has 0 saturated heterocycles. The molecule has 0 aliphatic heterocycles. The fraction of sp³-hybridized carbons (Fsp3) is 0.529. The molecule has 2 N–H and O–H groups in total. The van der Waals surface area contributed by atoms with Crippen molar-refractivity contribution in [3.8, 4) is 0 Å². The number of benzene rings is 1. The van der Waals surface area contributed by atoms with E-state index >= 15 is 0 Å². The fourth-order valence-electron chi connectivity index (χ4n) is 1.54. The average molecular weight is 264 g/mol. The molecule has 1 rings (SSSR count). The molecular weight excluding hydrogens is 236 g/mol. The molecule has 0 bridgehead atoms. The van der Waals surface area contributed by atoms with Crippen LogP contribution in [0.4, 0.5) is 0 Å². The first kappa shape index (κ1) is 17.9. The zero-order chi connectivity index (χ0) is 14.3. The van der Waals surface area contributed by atoms with E-state index in [0.717, 1.165) is 19.3 Å². The zero-order valence-electron chi connectivity index (χ0n) is 12.3. The molecule has 0 spiro atoms. The van der Waals surface area contributed by atoms with E-state index in [1.165, 1.54) is 18.4 Å². The molecule has 0 heterocycles. The highest BCUT2D eigenvalue weighted by Crippen LogP contribution is 2.00. The van der Waals surface area contributed by atoms with Crippen molar-refractivity contribution in [2.45, 2.75) is 52.1 Å². The molecule has 0 aliphatic rings. The van der Waals surface area contributed by atoms with Crippen LogP contribution >= 0.6 is 0 Å². The van der Waals surface area contributed by atoms with Gasteiger partial charge in [0.1, 0.15) is 0 Å². The number of rotatable bonds is 7. The van der Waals surface area contributed by atoms with E-state index in [2.05, 4.69) is 19.1 Å². The molecule has 1 atom stereocenters. The topological polar surface area (TPSA) is 40.5 Å². The van der Waals surface area contributed by atoms with Crippen LogP contribution < -0.4 is 0 Å². The van der Waals surface area contributed by atoms with E-state index in [-0.39, 0.29) is 12.7 Å². The van der Waals surface area contributed by atoms with E-state index in [0.29, 0.717) is 0 Å². The molecule has 1 aromatic carbocycles. The third-order valence-corrected chi connectivity index (χ3v) is 2.61. The summed E-state index contributed by atoms with van der Waals surface area (Å²) in [4.78, 5) is 0. The van der Waals surface area contributed by atoms with Gasteiger partial charge in [-0.3, -0.25) is 0 Å². The normalized spacial score (nSPS) is 12.0. The Kier molecular flexibility index (Phi) is 12.5. The van der Waals surface area contributed by atoms with Gasteiger partial charge in [0.2, 0.25) is 0 Å². The maximum atomic E-state index is 8.76. The molecule has 0 aromatic heterocycles. The molecular formula is C17H28O2. The molecule has 108 valence electrons. The smallest absolute Gasteiger partial charge is 0.0692 e. The van der Waals surface area contributed by atoms with Crippen molar-refractivity contribution in [3.05, 3.63) is 48.0 Å². The van der Waals surface area contributed by atoms with Crippen molar-refractivity contribution >= 4 is 0 Å². The summed E-state index contributed by atoms with van der Waals surface area (Å²) < 4.78 is 0. The SMILES string of the molecule is CCCC/C=C/C(C)O.OCCCc1ccccc1. The third kappa shape index (κ3) is 13.1. The molecule has 1 unspecified atom stereocenters. The van der Waals surface area contributed by atoms with Gasteiger partial charge in [-0.1, -0.05) is 62.2 Å². The van der Waals surface area contributed by atoms with Crippen molar-refractivity contribution in [1.82, 2.24) is 0 Å². The van der Waals surface area contributed by atoms with Gasteiger partial charge in [-0.15, -0.1) is 0 Å². The van der Waals surface area contributed by atoms with Gasteiger partial charge in [-0.25, -0.2) is 0 Å². The van der Waals surface area contributed by atoms with Crippen LogP contribution in [0.15, 0.2) is 42.5 Å². The average Bonchev–Trinajstić information content (AvgIpc) is 2.43. The number of hydrogen-bond donors (Lipinski definition) is 2. The minimum atomic E-state index is -0.276. The number of unbranched alkanes of at least 4 members (excludes halogenated alkanes) is 2. The van der Waals surface area contributed by atoms with Crippen LogP contribution in [0.1, 0.15) is 45.1 Å². The molecule has 2 heteroatoms. The Labute approximate surface area is 117 Å². The number of aryl methyl sites for hydroxylation is 1. The van der Waals surface area contributed by atoms with E-state index in [1.54, 1.807) is 6.92 Å². The van der Waals surface area contributed by atoms with Crippen molar-refractivity contribution < 1.29 is 10.2 Å². The number of allylic oxidation sites excluding steroid dienone is 1. The summed E-state index contributed by atoms with van der Waals surface area (Å²) in [6.45, 7) is 4.22. The predicted octanol–water partition coefficient (Wildman–Crippen LogP) is 3.73. The summed E-state index contributed by atoms with van der Waals surface area (Å²) >= 11 is 0. The standard InChI is InChI=1S/C9H12O.C8H16O/c10-8-4-7-9-5-2-1-3-6-9;1-3-4-5-6-7-8(2)9/h1-3,5-6,10H,4,7-8H2;6-9H,3-5H2,1-2H3/b;7-6+. The van der Waals surface area contributed by atoms with Gasteiger partial charge in [0, 0.05) is 6.61 Å². The van der Waals surface area contributed by atoms with Gasteiger partial charge >= 0.3 is 0 Å². The van der Waals surface area contributed by atoms with E-state index in [1.807, 2.05) is 30.4 Å². The lowest BCUT2D eigenvalue weighted by molar-refractivity contribution is 0.244. The highest BCUT2D eigenvalue weighted by atomic mass is 16.3. The van der Waals surface area contributed by atoms with Gasteiger partial charge in [-0.2, -0.15) is 0 Å². The zero-order valence-corrected chi connectivity index (χ0v) is 12.3. The minimum absolute atomic E-state index is 0.276. The fourth-order valence-corrected chi connectivity index (χ4v) is 1.54. The first-order valence-electron chi connectivity index (χ1n) is 7.20. The van der Waals surface area contributed by atoms with Gasteiger partial charge in [-0.05, 0) is 31.7 Å². The quantitative estimate of drug-likeness (QED) is 0.582. The van der Waals surface area contributed by atoms with Crippen LogP contribution in [-0.4, -0.2) is 22.9 Å². The second kappa shape index (κ2) is 13.3. The predicted molar refractivity (Wildman–Crippen MR) is 82.2 cm³/mol. The van der Waals surface area contributed by atoms with E-state index in [9.17, 15) is 0 Å². The van der Waals surface area contributed by atoms with Crippen molar-refractivity contribution in [1.29, 1.82) is 0 Å². The lowest BCUT2D eigenvalue weighted by Crippen LogP contribution is -1.91. The van der Waals surface area contributed by atoms with Crippen LogP contribution in [0.5, 0.6) is 0 Å². The Morgan fingerprint density at radius 3 is 2.37 bits per heavy atom. The second-order valence-corrected chi connectivity index (χ2v) is 4.62. The first-order valence-corrected chi connectivity index (χ1v) is 7.20. The molecule has 0 amide bonds. The lowest BCUT2D eigenvalue weighted by Gasteiger charge is -1.96. The number of aliphatic hydroxyl groups is 2. The summed E-state index contributed by atoms with van der Waals surface area (Å²) in [7, 11) is 0. The molecule has 19 heavy (non-hydrogen) atoms. The molecule has 2 nitrogen and oxygen atoms in total. The van der Waals surface area contributed by atoms with Gasteiger partial charge < -0.3 is 10.2 Å². The summed E-state index contributed by atoms with van der Waals surface area (Å²) in [6, 6.07) is 10.2. The lowest BCUT2D eigenvalue weighted by atomic mass is 10.1. The summed E-state index contributed by atoms with van der Waals surface area (Å²) in [6.07, 6.45) is 8.99. The Balaban J connectivity index is 0.000000344. The summed E-state index contributed by atoms with van der Waals surface area (Å²) in [5, 5.41) is 17.3. The second-order valence-electron chi connectivity index (χ2n) is 4.62.